The van der Waals surface area contributed by atoms with Gasteiger partial charge in [-0.2, -0.15) is 17.0 Å². The van der Waals surface area contributed by atoms with E-state index in [-0.39, 0.29) is 6.04 Å². The molecule has 1 atom stereocenters. The lowest BCUT2D eigenvalue weighted by Gasteiger charge is -2.30. The second kappa shape index (κ2) is 8.19. The molecule has 0 amide bonds. The van der Waals surface area contributed by atoms with Crippen LogP contribution in [0.1, 0.15) is 46.0 Å². The molecule has 0 aromatic heterocycles. The molecule has 5 nitrogen and oxygen atoms in total. The first-order valence-corrected chi connectivity index (χ1v) is 8.83. The Bertz CT molecular complexity index is 346. The highest BCUT2D eigenvalue weighted by atomic mass is 32.2. The summed E-state index contributed by atoms with van der Waals surface area (Å²) in [6.45, 7) is 7.12. The van der Waals surface area contributed by atoms with E-state index in [0.29, 0.717) is 13.1 Å². The van der Waals surface area contributed by atoms with E-state index in [0.717, 1.165) is 45.2 Å². The molecule has 1 fully saturated rings. The first-order valence-electron chi connectivity index (χ1n) is 7.44. The van der Waals surface area contributed by atoms with Gasteiger partial charge < -0.3 is 5.32 Å². The summed E-state index contributed by atoms with van der Waals surface area (Å²) in [4.78, 5) is 0. The summed E-state index contributed by atoms with van der Waals surface area (Å²) in [5, 5.41) is 3.22. The normalized spacial score (nSPS) is 22.6. The molecule has 1 saturated heterocycles. The van der Waals surface area contributed by atoms with E-state index in [4.69, 9.17) is 0 Å². The van der Waals surface area contributed by atoms with Gasteiger partial charge in [0.2, 0.25) is 0 Å². The number of nitrogens with zero attached hydrogens (tertiary/aromatic N) is 2. The van der Waals surface area contributed by atoms with Gasteiger partial charge in [-0.3, -0.25) is 0 Å². The molecule has 1 aliphatic rings. The Morgan fingerprint density at radius 1 is 1.32 bits per heavy atom. The van der Waals surface area contributed by atoms with Gasteiger partial charge in [-0.15, -0.1) is 0 Å². The fourth-order valence-corrected chi connectivity index (χ4v) is 4.13. The van der Waals surface area contributed by atoms with E-state index in [1.807, 2.05) is 6.92 Å². The van der Waals surface area contributed by atoms with E-state index < -0.39 is 10.2 Å². The zero-order valence-electron chi connectivity index (χ0n) is 12.6. The van der Waals surface area contributed by atoms with Gasteiger partial charge in [0.25, 0.3) is 10.2 Å². The van der Waals surface area contributed by atoms with Crippen LogP contribution in [0.5, 0.6) is 0 Å². The maximum Gasteiger partial charge on any atom is 0.281 e. The molecule has 0 spiro atoms. The van der Waals surface area contributed by atoms with Crippen LogP contribution in [0.3, 0.4) is 0 Å². The van der Waals surface area contributed by atoms with Gasteiger partial charge in [0.05, 0.1) is 0 Å². The summed E-state index contributed by atoms with van der Waals surface area (Å²) >= 11 is 0. The maximum atomic E-state index is 12.5. The zero-order chi connectivity index (χ0) is 14.3. The summed E-state index contributed by atoms with van der Waals surface area (Å²) in [6.07, 6.45) is 5.09. The molecular weight excluding hydrogens is 262 g/mol. The van der Waals surface area contributed by atoms with Crippen molar-refractivity contribution in [3.8, 4) is 0 Å². The fourth-order valence-electron chi connectivity index (χ4n) is 2.49. The van der Waals surface area contributed by atoms with Crippen LogP contribution < -0.4 is 5.32 Å². The van der Waals surface area contributed by atoms with Crippen molar-refractivity contribution in [2.24, 2.45) is 0 Å². The molecule has 0 bridgehead atoms. The van der Waals surface area contributed by atoms with Gasteiger partial charge in [0.1, 0.15) is 0 Å². The molecule has 0 aromatic carbocycles. The standard InChI is InChI=1S/C13H29N3O2S/c1-4-14-10-8-11-15(3)19(17,18)16-12-7-5-6-9-13(16)2/h13-14H,4-12H2,1-3H3. The average Bonchev–Trinajstić information content (AvgIpc) is 2.59. The summed E-state index contributed by atoms with van der Waals surface area (Å²) in [5.41, 5.74) is 0. The van der Waals surface area contributed by atoms with Crippen LogP contribution >= 0.6 is 0 Å². The van der Waals surface area contributed by atoms with E-state index in [1.165, 1.54) is 4.31 Å². The highest BCUT2D eigenvalue weighted by Gasteiger charge is 2.31. The van der Waals surface area contributed by atoms with Crippen LogP contribution in [0.4, 0.5) is 0 Å². The highest BCUT2D eigenvalue weighted by molar-refractivity contribution is 7.86. The van der Waals surface area contributed by atoms with E-state index in [1.54, 1.807) is 11.4 Å². The molecule has 0 radical (unpaired) electrons. The molecule has 1 N–H and O–H groups in total. The van der Waals surface area contributed by atoms with E-state index >= 15 is 0 Å². The Labute approximate surface area is 118 Å². The largest absolute Gasteiger partial charge is 0.317 e. The quantitative estimate of drug-likeness (QED) is 0.722. The van der Waals surface area contributed by atoms with Crippen LogP contribution in [-0.2, 0) is 10.2 Å². The van der Waals surface area contributed by atoms with Gasteiger partial charge in [0.15, 0.2) is 0 Å². The minimum absolute atomic E-state index is 0.128. The Morgan fingerprint density at radius 3 is 2.74 bits per heavy atom. The van der Waals surface area contributed by atoms with Crippen molar-refractivity contribution in [2.75, 3.05) is 33.2 Å². The zero-order valence-corrected chi connectivity index (χ0v) is 13.4. The maximum absolute atomic E-state index is 12.5. The minimum Gasteiger partial charge on any atom is -0.317 e. The van der Waals surface area contributed by atoms with Gasteiger partial charge >= 0.3 is 0 Å². The molecule has 1 rings (SSSR count). The Morgan fingerprint density at radius 2 is 2.05 bits per heavy atom. The van der Waals surface area contributed by atoms with Gasteiger partial charge in [-0.25, -0.2) is 0 Å². The summed E-state index contributed by atoms with van der Waals surface area (Å²) in [7, 11) is -1.59. The lowest BCUT2D eigenvalue weighted by molar-refractivity contribution is 0.308. The molecule has 1 aliphatic heterocycles. The van der Waals surface area contributed by atoms with Crippen LogP contribution in [-0.4, -0.2) is 56.3 Å². The first kappa shape index (κ1) is 16.9. The van der Waals surface area contributed by atoms with Crippen molar-refractivity contribution < 1.29 is 8.42 Å². The third-order valence-corrected chi connectivity index (χ3v) is 5.86. The fraction of sp³-hybridized carbons (Fsp3) is 1.00. The van der Waals surface area contributed by atoms with Crippen LogP contribution in [0.25, 0.3) is 0 Å². The third-order valence-electron chi connectivity index (χ3n) is 3.76. The molecule has 0 aliphatic carbocycles. The lowest BCUT2D eigenvalue weighted by Crippen LogP contribution is -2.46. The van der Waals surface area contributed by atoms with Gasteiger partial charge in [-0.05, 0) is 39.3 Å². The number of nitrogens with one attached hydrogen (secondary N) is 1. The number of hydrogen-bond acceptors (Lipinski definition) is 3. The summed E-state index contributed by atoms with van der Waals surface area (Å²) in [5.74, 6) is 0. The van der Waals surface area contributed by atoms with Crippen LogP contribution in [0.15, 0.2) is 0 Å². The van der Waals surface area contributed by atoms with Crippen molar-refractivity contribution in [3.05, 3.63) is 0 Å². The molecule has 0 aromatic rings. The Kier molecular flexibility index (Phi) is 7.28. The molecule has 6 heteroatoms. The monoisotopic (exact) mass is 291 g/mol. The van der Waals surface area contributed by atoms with Crippen molar-refractivity contribution >= 4 is 10.2 Å². The average molecular weight is 291 g/mol. The molecule has 1 unspecified atom stereocenters. The van der Waals surface area contributed by atoms with Crippen molar-refractivity contribution in [1.82, 2.24) is 13.9 Å². The smallest absolute Gasteiger partial charge is 0.281 e. The van der Waals surface area contributed by atoms with E-state index in [9.17, 15) is 8.42 Å². The highest BCUT2D eigenvalue weighted by Crippen LogP contribution is 2.21. The van der Waals surface area contributed by atoms with E-state index in [2.05, 4.69) is 12.2 Å². The van der Waals surface area contributed by atoms with Crippen LogP contribution in [0.2, 0.25) is 0 Å². The second-order valence-electron chi connectivity index (χ2n) is 5.35. The topological polar surface area (TPSA) is 52.7 Å². The molecular formula is C13H29N3O2S. The first-order chi connectivity index (χ1) is 9.00. The van der Waals surface area contributed by atoms with Gasteiger partial charge in [-0.1, -0.05) is 19.8 Å². The Hall–Kier alpha value is -0.170. The van der Waals surface area contributed by atoms with Crippen LogP contribution in [0, 0.1) is 0 Å². The van der Waals surface area contributed by atoms with Crippen molar-refractivity contribution in [2.45, 2.75) is 52.0 Å². The molecule has 114 valence electrons. The second-order valence-corrected chi connectivity index (χ2v) is 7.33. The van der Waals surface area contributed by atoms with Crippen molar-refractivity contribution in [1.29, 1.82) is 0 Å². The minimum atomic E-state index is -3.28. The summed E-state index contributed by atoms with van der Waals surface area (Å²) < 4.78 is 28.3. The molecule has 19 heavy (non-hydrogen) atoms. The molecule has 0 saturated carbocycles. The Balaban J connectivity index is 2.56. The molecule has 1 heterocycles. The van der Waals surface area contributed by atoms with Crippen molar-refractivity contribution in [3.63, 3.8) is 0 Å². The number of rotatable bonds is 7. The SMILES string of the molecule is CCNCCCN(C)S(=O)(=O)N1CCCCCC1C. The van der Waals surface area contributed by atoms with Gasteiger partial charge in [0, 0.05) is 26.2 Å². The predicted octanol–water partition coefficient (Wildman–Crippen LogP) is 1.43. The third kappa shape index (κ3) is 5.02. The number of hydrogen-bond donors (Lipinski definition) is 1. The predicted molar refractivity (Wildman–Crippen MR) is 79.3 cm³/mol. The lowest BCUT2D eigenvalue weighted by atomic mass is 10.1. The summed E-state index contributed by atoms with van der Waals surface area (Å²) in [6, 6.07) is 0.128.